The molecule has 1 aliphatic rings. The van der Waals surface area contributed by atoms with Gasteiger partial charge in [0.25, 0.3) is 5.91 Å². The molecule has 0 saturated heterocycles. The largest absolute Gasteiger partial charge is 0.508 e. The molecule has 2 heterocycles. The number of fused-ring (bicyclic) bond motifs is 1. The summed E-state index contributed by atoms with van der Waals surface area (Å²) in [6.45, 7) is 1.16. The van der Waals surface area contributed by atoms with E-state index >= 15 is 0 Å². The van der Waals surface area contributed by atoms with E-state index in [0.717, 1.165) is 11.1 Å². The maximum Gasteiger partial charge on any atom is 0.290 e. The van der Waals surface area contributed by atoms with Crippen LogP contribution in [0.3, 0.4) is 0 Å². The van der Waals surface area contributed by atoms with Crippen molar-refractivity contribution >= 4 is 17.5 Å². The van der Waals surface area contributed by atoms with Crippen LogP contribution in [0, 0.1) is 0 Å². The number of amides is 1. The summed E-state index contributed by atoms with van der Waals surface area (Å²) in [4.78, 5) is 14.5. The number of carbonyl (C=O) groups is 1. The van der Waals surface area contributed by atoms with Crippen molar-refractivity contribution in [2.45, 2.75) is 6.54 Å². The van der Waals surface area contributed by atoms with Gasteiger partial charge in [0.05, 0.1) is 11.6 Å². The number of rotatable bonds is 2. The van der Waals surface area contributed by atoms with Crippen molar-refractivity contribution < 1.29 is 19.1 Å². The number of hydrogen-bond donors (Lipinski definition) is 1. The first-order valence-corrected chi connectivity index (χ1v) is 8.58. The van der Waals surface area contributed by atoms with Crippen molar-refractivity contribution in [3.05, 3.63) is 70.9 Å². The second-order valence-electron chi connectivity index (χ2n) is 6.01. The van der Waals surface area contributed by atoms with Gasteiger partial charge in [0.1, 0.15) is 23.9 Å². The standard InChI is InChI=1S/C20H16ClNO4/c21-16-4-2-1-3-15(16)17-7-8-18(26-17)20(24)22-9-10-25-19-11-14(23)6-5-13(19)12-22/h1-8,11,23H,9-10,12H2. The lowest BCUT2D eigenvalue weighted by Crippen LogP contribution is -2.32. The first-order chi connectivity index (χ1) is 12.6. The first-order valence-electron chi connectivity index (χ1n) is 8.20. The van der Waals surface area contributed by atoms with Gasteiger partial charge < -0.3 is 19.2 Å². The fraction of sp³-hybridized carbons (Fsp3) is 0.150. The number of furan rings is 1. The third-order valence-corrected chi connectivity index (χ3v) is 4.60. The maximum atomic E-state index is 12.9. The monoisotopic (exact) mass is 369 g/mol. The molecule has 0 fully saturated rings. The molecule has 132 valence electrons. The minimum atomic E-state index is -0.215. The van der Waals surface area contributed by atoms with E-state index in [2.05, 4.69) is 0 Å². The SMILES string of the molecule is O=C(c1ccc(-c2ccccc2Cl)o1)N1CCOc2cc(O)ccc2C1. The molecule has 0 atom stereocenters. The number of hydrogen-bond acceptors (Lipinski definition) is 4. The lowest BCUT2D eigenvalue weighted by molar-refractivity contribution is 0.0702. The molecule has 0 spiro atoms. The van der Waals surface area contributed by atoms with Gasteiger partial charge in [0.15, 0.2) is 5.76 Å². The molecule has 4 rings (SSSR count). The number of nitrogens with zero attached hydrogens (tertiary/aromatic N) is 1. The summed E-state index contributed by atoms with van der Waals surface area (Å²) in [6, 6.07) is 15.6. The van der Waals surface area contributed by atoms with Crippen molar-refractivity contribution in [1.82, 2.24) is 4.90 Å². The summed E-state index contributed by atoms with van der Waals surface area (Å²) in [6.07, 6.45) is 0. The zero-order valence-corrected chi connectivity index (χ0v) is 14.6. The number of phenolic OH excluding ortho intramolecular Hbond substituents is 1. The molecule has 26 heavy (non-hydrogen) atoms. The molecule has 1 N–H and O–H groups in total. The van der Waals surface area contributed by atoms with Crippen molar-refractivity contribution in [2.24, 2.45) is 0 Å². The van der Waals surface area contributed by atoms with Gasteiger partial charge in [-0.05, 0) is 36.4 Å². The second-order valence-corrected chi connectivity index (χ2v) is 6.42. The highest BCUT2D eigenvalue weighted by atomic mass is 35.5. The third kappa shape index (κ3) is 3.13. The highest BCUT2D eigenvalue weighted by Crippen LogP contribution is 2.31. The van der Waals surface area contributed by atoms with Crippen LogP contribution >= 0.6 is 11.6 Å². The normalized spacial score (nSPS) is 13.7. The fourth-order valence-corrected chi connectivity index (χ4v) is 3.18. The Morgan fingerprint density at radius 3 is 2.81 bits per heavy atom. The number of halogens is 1. The van der Waals surface area contributed by atoms with Crippen LogP contribution in [0.2, 0.25) is 5.02 Å². The molecule has 0 unspecified atom stereocenters. The van der Waals surface area contributed by atoms with E-state index in [4.69, 9.17) is 20.8 Å². The minimum absolute atomic E-state index is 0.138. The molecule has 2 aromatic carbocycles. The Labute approximate surface area is 155 Å². The third-order valence-electron chi connectivity index (χ3n) is 4.27. The Morgan fingerprint density at radius 1 is 1.12 bits per heavy atom. The zero-order chi connectivity index (χ0) is 18.1. The van der Waals surface area contributed by atoms with Crippen molar-refractivity contribution in [1.29, 1.82) is 0 Å². The highest BCUT2D eigenvalue weighted by molar-refractivity contribution is 6.33. The van der Waals surface area contributed by atoms with Gasteiger partial charge in [0, 0.05) is 23.7 Å². The van der Waals surface area contributed by atoms with E-state index in [1.807, 2.05) is 18.2 Å². The molecular formula is C20H16ClNO4. The summed E-state index contributed by atoms with van der Waals surface area (Å²) in [5.41, 5.74) is 1.58. The molecule has 1 amide bonds. The van der Waals surface area contributed by atoms with Crippen LogP contribution in [0.5, 0.6) is 11.5 Å². The van der Waals surface area contributed by atoms with Gasteiger partial charge in [-0.25, -0.2) is 0 Å². The van der Waals surface area contributed by atoms with E-state index in [0.29, 0.717) is 36.2 Å². The number of carbonyl (C=O) groups excluding carboxylic acids is 1. The van der Waals surface area contributed by atoms with E-state index in [9.17, 15) is 9.90 Å². The fourth-order valence-electron chi connectivity index (χ4n) is 2.95. The summed E-state index contributed by atoms with van der Waals surface area (Å²) in [7, 11) is 0. The van der Waals surface area contributed by atoms with Gasteiger partial charge in [-0.2, -0.15) is 0 Å². The Hall–Kier alpha value is -2.92. The van der Waals surface area contributed by atoms with Crippen LogP contribution in [0.1, 0.15) is 16.1 Å². The smallest absolute Gasteiger partial charge is 0.290 e. The van der Waals surface area contributed by atoms with Gasteiger partial charge in [-0.3, -0.25) is 4.79 Å². The van der Waals surface area contributed by atoms with Gasteiger partial charge >= 0.3 is 0 Å². The summed E-state index contributed by atoms with van der Waals surface area (Å²) in [5.74, 6) is 1.32. The van der Waals surface area contributed by atoms with E-state index < -0.39 is 0 Å². The van der Waals surface area contributed by atoms with Crippen molar-refractivity contribution in [2.75, 3.05) is 13.2 Å². The number of aromatic hydroxyl groups is 1. The zero-order valence-electron chi connectivity index (χ0n) is 13.8. The van der Waals surface area contributed by atoms with Crippen LogP contribution in [0.25, 0.3) is 11.3 Å². The molecule has 1 aliphatic heterocycles. The Bertz CT molecular complexity index is 966. The highest BCUT2D eigenvalue weighted by Gasteiger charge is 2.24. The average Bonchev–Trinajstić information content (AvgIpc) is 3.02. The summed E-state index contributed by atoms with van der Waals surface area (Å²) < 4.78 is 11.4. The molecule has 3 aromatic rings. The first kappa shape index (κ1) is 16.5. The van der Waals surface area contributed by atoms with Crippen LogP contribution in [-0.4, -0.2) is 29.1 Å². The second kappa shape index (κ2) is 6.77. The molecule has 1 aromatic heterocycles. The topological polar surface area (TPSA) is 62.9 Å². The Kier molecular flexibility index (Phi) is 4.31. The van der Waals surface area contributed by atoms with Crippen LogP contribution in [-0.2, 0) is 6.54 Å². The molecular weight excluding hydrogens is 354 g/mol. The van der Waals surface area contributed by atoms with E-state index in [1.54, 1.807) is 41.3 Å². The van der Waals surface area contributed by atoms with E-state index in [1.165, 1.54) is 0 Å². The van der Waals surface area contributed by atoms with Crippen LogP contribution in [0.4, 0.5) is 0 Å². The van der Waals surface area contributed by atoms with Gasteiger partial charge in [0.2, 0.25) is 0 Å². The lowest BCUT2D eigenvalue weighted by Gasteiger charge is -2.18. The lowest BCUT2D eigenvalue weighted by atomic mass is 10.1. The quantitative estimate of drug-likeness (QED) is 0.729. The molecule has 0 saturated carbocycles. The molecule has 0 bridgehead atoms. The molecule has 6 heteroatoms. The van der Waals surface area contributed by atoms with Crippen LogP contribution < -0.4 is 4.74 Å². The Morgan fingerprint density at radius 2 is 1.96 bits per heavy atom. The van der Waals surface area contributed by atoms with Crippen LogP contribution in [0.15, 0.2) is 59.0 Å². The predicted octanol–water partition coefficient (Wildman–Crippen LogP) is 4.34. The molecule has 5 nitrogen and oxygen atoms in total. The minimum Gasteiger partial charge on any atom is -0.508 e. The molecule has 0 radical (unpaired) electrons. The van der Waals surface area contributed by atoms with Crippen molar-refractivity contribution in [3.63, 3.8) is 0 Å². The van der Waals surface area contributed by atoms with Crippen molar-refractivity contribution in [3.8, 4) is 22.8 Å². The average molecular weight is 370 g/mol. The molecule has 0 aliphatic carbocycles. The predicted molar refractivity (Wildman–Crippen MR) is 97.5 cm³/mol. The summed E-state index contributed by atoms with van der Waals surface area (Å²) >= 11 is 6.19. The Balaban J connectivity index is 1.58. The summed E-state index contributed by atoms with van der Waals surface area (Å²) in [5, 5.41) is 10.1. The maximum absolute atomic E-state index is 12.9. The number of benzene rings is 2. The number of phenols is 1. The number of ether oxygens (including phenoxy) is 1. The van der Waals surface area contributed by atoms with Gasteiger partial charge in [-0.1, -0.05) is 23.7 Å². The van der Waals surface area contributed by atoms with Gasteiger partial charge in [-0.15, -0.1) is 0 Å². The van der Waals surface area contributed by atoms with E-state index in [-0.39, 0.29) is 17.4 Å².